The maximum Gasteiger partial charge on any atom is 0.231 e. The summed E-state index contributed by atoms with van der Waals surface area (Å²) < 4.78 is 10.6. The molecule has 4 nitrogen and oxygen atoms in total. The number of H-pyrrole nitrogens is 1. The number of benzene rings is 1. The number of fused-ring (bicyclic) bond motifs is 3. The zero-order valence-corrected chi connectivity index (χ0v) is 7.13. The highest BCUT2D eigenvalue weighted by Gasteiger charge is 2.18. The Labute approximate surface area is 74.5 Å². The Kier molecular flexibility index (Phi) is 1.12. The van der Waals surface area contributed by atoms with Crippen molar-refractivity contribution < 1.29 is 9.47 Å². The summed E-state index contributed by atoms with van der Waals surface area (Å²) in [5.74, 6) is 2.42. The number of rotatable bonds is 0. The molecule has 0 saturated heterocycles. The van der Waals surface area contributed by atoms with Gasteiger partial charge < -0.3 is 14.5 Å². The first-order valence-electron chi connectivity index (χ1n) is 4.09. The van der Waals surface area contributed by atoms with E-state index in [1.165, 1.54) is 0 Å². The quantitative estimate of drug-likeness (QED) is 0.663. The van der Waals surface area contributed by atoms with Crippen LogP contribution in [0.25, 0.3) is 11.0 Å². The van der Waals surface area contributed by atoms with Gasteiger partial charge in [-0.05, 0) is 19.1 Å². The highest BCUT2D eigenvalue weighted by molar-refractivity contribution is 5.85. The Balaban J connectivity index is 2.42. The number of hydrogen-bond acceptors (Lipinski definition) is 3. The summed E-state index contributed by atoms with van der Waals surface area (Å²) in [6.45, 7) is 2.21. The van der Waals surface area contributed by atoms with Crippen molar-refractivity contribution in [3.63, 3.8) is 0 Å². The predicted molar refractivity (Wildman–Crippen MR) is 47.0 cm³/mol. The summed E-state index contributed by atoms with van der Waals surface area (Å²) in [5, 5.41) is 0. The summed E-state index contributed by atoms with van der Waals surface area (Å²) in [7, 11) is 0. The molecule has 0 aliphatic carbocycles. The molecule has 2 heterocycles. The molecule has 0 amide bonds. The van der Waals surface area contributed by atoms with Crippen LogP contribution in [0.4, 0.5) is 0 Å². The van der Waals surface area contributed by atoms with Crippen LogP contribution in [-0.2, 0) is 0 Å². The van der Waals surface area contributed by atoms with Crippen LogP contribution in [-0.4, -0.2) is 16.8 Å². The minimum Gasteiger partial charge on any atom is -0.454 e. The van der Waals surface area contributed by atoms with Gasteiger partial charge in [0, 0.05) is 0 Å². The summed E-state index contributed by atoms with van der Waals surface area (Å²) in [4.78, 5) is 7.47. The van der Waals surface area contributed by atoms with Crippen molar-refractivity contribution in [3.8, 4) is 11.5 Å². The highest BCUT2D eigenvalue weighted by Crippen LogP contribution is 2.37. The third-order valence-corrected chi connectivity index (χ3v) is 2.11. The molecule has 0 unspecified atom stereocenters. The minimum absolute atomic E-state index is 0.292. The van der Waals surface area contributed by atoms with Crippen LogP contribution < -0.4 is 9.47 Å². The second-order valence-corrected chi connectivity index (χ2v) is 3.02. The smallest absolute Gasteiger partial charge is 0.231 e. The summed E-state index contributed by atoms with van der Waals surface area (Å²) in [5.41, 5.74) is 1.84. The molecule has 66 valence electrons. The molecule has 2 aromatic rings. The Bertz CT molecular complexity index is 476. The lowest BCUT2D eigenvalue weighted by atomic mass is 10.3. The van der Waals surface area contributed by atoms with Crippen molar-refractivity contribution in [1.82, 2.24) is 9.97 Å². The number of nitrogens with zero attached hydrogens (tertiary/aromatic N) is 1. The van der Waals surface area contributed by atoms with Crippen LogP contribution in [0, 0.1) is 6.92 Å². The number of aromatic amines is 1. The Morgan fingerprint density at radius 2 is 2.31 bits per heavy atom. The monoisotopic (exact) mass is 176 g/mol. The average molecular weight is 176 g/mol. The van der Waals surface area contributed by atoms with Crippen LogP contribution in [0.1, 0.15) is 5.82 Å². The van der Waals surface area contributed by atoms with Gasteiger partial charge in [-0.3, -0.25) is 0 Å². The van der Waals surface area contributed by atoms with E-state index in [0.717, 1.165) is 28.4 Å². The summed E-state index contributed by atoms with van der Waals surface area (Å²) in [6, 6.07) is 3.84. The minimum atomic E-state index is 0.292. The first kappa shape index (κ1) is 6.77. The van der Waals surface area contributed by atoms with Gasteiger partial charge in [-0.1, -0.05) is 0 Å². The third-order valence-electron chi connectivity index (χ3n) is 2.11. The van der Waals surface area contributed by atoms with Gasteiger partial charge in [-0.2, -0.15) is 0 Å². The van der Waals surface area contributed by atoms with E-state index in [1.54, 1.807) is 0 Å². The van der Waals surface area contributed by atoms with E-state index in [2.05, 4.69) is 9.97 Å². The van der Waals surface area contributed by atoms with Crippen molar-refractivity contribution in [2.45, 2.75) is 6.92 Å². The summed E-state index contributed by atoms with van der Waals surface area (Å²) >= 11 is 0. The SMILES string of the molecule is Cc1nc2c3c(ccc2[nH]1)OCO3. The van der Waals surface area contributed by atoms with Crippen LogP contribution in [0.2, 0.25) is 0 Å². The number of imidazole rings is 1. The second kappa shape index (κ2) is 2.16. The second-order valence-electron chi connectivity index (χ2n) is 3.02. The van der Waals surface area contributed by atoms with Gasteiger partial charge >= 0.3 is 0 Å². The highest BCUT2D eigenvalue weighted by atomic mass is 16.7. The lowest BCUT2D eigenvalue weighted by molar-refractivity contribution is 0.174. The van der Waals surface area contributed by atoms with Gasteiger partial charge in [-0.25, -0.2) is 4.98 Å². The third kappa shape index (κ3) is 0.824. The van der Waals surface area contributed by atoms with Crippen LogP contribution in [0.3, 0.4) is 0 Å². The van der Waals surface area contributed by atoms with Crippen LogP contribution >= 0.6 is 0 Å². The van der Waals surface area contributed by atoms with E-state index in [0.29, 0.717) is 6.79 Å². The Morgan fingerprint density at radius 1 is 1.38 bits per heavy atom. The summed E-state index contributed by atoms with van der Waals surface area (Å²) in [6.07, 6.45) is 0. The molecule has 1 aliphatic rings. The van der Waals surface area contributed by atoms with Gasteiger partial charge in [-0.15, -0.1) is 0 Å². The number of hydrogen-bond donors (Lipinski definition) is 1. The number of nitrogens with one attached hydrogen (secondary N) is 1. The van der Waals surface area contributed by atoms with Gasteiger partial charge in [0.25, 0.3) is 0 Å². The zero-order chi connectivity index (χ0) is 8.84. The van der Waals surface area contributed by atoms with E-state index < -0.39 is 0 Å². The van der Waals surface area contributed by atoms with Gasteiger partial charge in [0.1, 0.15) is 11.3 Å². The van der Waals surface area contributed by atoms with Crippen molar-refractivity contribution in [1.29, 1.82) is 0 Å². The van der Waals surface area contributed by atoms with E-state index in [4.69, 9.17) is 9.47 Å². The topological polar surface area (TPSA) is 47.1 Å². The molecule has 0 radical (unpaired) electrons. The van der Waals surface area contributed by atoms with Gasteiger partial charge in [0.2, 0.25) is 6.79 Å². The zero-order valence-electron chi connectivity index (χ0n) is 7.13. The maximum absolute atomic E-state index is 5.32. The lowest BCUT2D eigenvalue weighted by Crippen LogP contribution is -1.93. The molecule has 0 saturated carbocycles. The maximum atomic E-state index is 5.32. The van der Waals surface area contributed by atoms with E-state index in [-0.39, 0.29) is 0 Å². The molecule has 0 bridgehead atoms. The number of aryl methyl sites for hydroxylation is 1. The molecule has 13 heavy (non-hydrogen) atoms. The molecular weight excluding hydrogens is 168 g/mol. The molecule has 1 aliphatic heterocycles. The fraction of sp³-hybridized carbons (Fsp3) is 0.222. The predicted octanol–water partition coefficient (Wildman–Crippen LogP) is 1.60. The lowest BCUT2D eigenvalue weighted by Gasteiger charge is -1.94. The Morgan fingerprint density at radius 3 is 3.23 bits per heavy atom. The fourth-order valence-electron chi connectivity index (χ4n) is 1.56. The largest absolute Gasteiger partial charge is 0.454 e. The number of aromatic nitrogens is 2. The standard InChI is InChI=1S/C9H8N2O2/c1-5-10-6-2-3-7-9(8(6)11-5)13-4-12-7/h2-3H,4H2,1H3,(H,10,11). The number of ether oxygens (including phenoxy) is 2. The molecular formula is C9H8N2O2. The fourth-order valence-corrected chi connectivity index (χ4v) is 1.56. The Hall–Kier alpha value is -1.71. The molecule has 1 N–H and O–H groups in total. The molecule has 0 atom stereocenters. The molecule has 3 rings (SSSR count). The van der Waals surface area contributed by atoms with Crippen molar-refractivity contribution in [3.05, 3.63) is 18.0 Å². The van der Waals surface area contributed by atoms with Crippen molar-refractivity contribution in [2.24, 2.45) is 0 Å². The first-order chi connectivity index (χ1) is 6.34. The molecule has 1 aromatic heterocycles. The average Bonchev–Trinajstić information content (AvgIpc) is 2.65. The molecule has 1 aromatic carbocycles. The first-order valence-corrected chi connectivity index (χ1v) is 4.09. The van der Waals surface area contributed by atoms with Crippen LogP contribution in [0.5, 0.6) is 11.5 Å². The molecule has 0 fully saturated rings. The van der Waals surface area contributed by atoms with Crippen molar-refractivity contribution >= 4 is 11.0 Å². The van der Waals surface area contributed by atoms with Crippen molar-refractivity contribution in [2.75, 3.05) is 6.79 Å². The van der Waals surface area contributed by atoms with E-state index in [9.17, 15) is 0 Å². The van der Waals surface area contributed by atoms with E-state index >= 15 is 0 Å². The normalized spacial score (nSPS) is 13.9. The van der Waals surface area contributed by atoms with Crippen LogP contribution in [0.15, 0.2) is 12.1 Å². The molecule has 0 spiro atoms. The van der Waals surface area contributed by atoms with Gasteiger partial charge in [0.05, 0.1) is 5.52 Å². The molecule has 4 heteroatoms. The van der Waals surface area contributed by atoms with Gasteiger partial charge in [0.15, 0.2) is 11.5 Å². The van der Waals surface area contributed by atoms with E-state index in [1.807, 2.05) is 19.1 Å².